The molecule has 1 unspecified atom stereocenters. The molecule has 1 aliphatic rings. The molecule has 1 N–H and O–H groups in total. The first kappa shape index (κ1) is 14.0. The Labute approximate surface area is 126 Å². The van der Waals surface area contributed by atoms with Crippen LogP contribution in [-0.4, -0.2) is 46.5 Å². The van der Waals surface area contributed by atoms with Crippen LogP contribution in [0.3, 0.4) is 0 Å². The van der Waals surface area contributed by atoms with Crippen LogP contribution in [0.25, 0.3) is 0 Å². The molecule has 0 saturated carbocycles. The lowest BCUT2D eigenvalue weighted by Crippen LogP contribution is -2.33. The van der Waals surface area contributed by atoms with Gasteiger partial charge in [-0.1, -0.05) is 0 Å². The molecule has 1 atom stereocenters. The number of hydrogen-bond acceptors (Lipinski definition) is 6. The van der Waals surface area contributed by atoms with E-state index in [4.69, 9.17) is 4.74 Å². The van der Waals surface area contributed by atoms with Gasteiger partial charge in [0, 0.05) is 37.1 Å². The Kier molecular flexibility index (Phi) is 4.42. The summed E-state index contributed by atoms with van der Waals surface area (Å²) in [6.45, 7) is 1.99. The quantitative estimate of drug-likeness (QED) is 0.909. The Hall–Kier alpha value is -1.99. The number of nitrogens with one attached hydrogen (secondary N) is 1. The number of thiazole rings is 1. The number of ether oxygens (including phenoxy) is 1. The van der Waals surface area contributed by atoms with Crippen LogP contribution in [0.1, 0.15) is 6.42 Å². The first-order chi connectivity index (χ1) is 10.3. The zero-order chi connectivity index (χ0) is 14.5. The lowest BCUT2D eigenvalue weighted by atomic mass is 10.3. The van der Waals surface area contributed by atoms with E-state index < -0.39 is 0 Å². The third-order valence-electron chi connectivity index (χ3n) is 3.23. The molecule has 2 aromatic heterocycles. The highest BCUT2D eigenvalue weighted by atomic mass is 32.1. The number of anilines is 1. The molecular formula is C14H16N4O2S. The molecule has 0 aromatic carbocycles. The minimum absolute atomic E-state index is 0.0329. The summed E-state index contributed by atoms with van der Waals surface area (Å²) in [5, 5.41) is 5.27. The summed E-state index contributed by atoms with van der Waals surface area (Å²) in [5.74, 6) is 0.790. The van der Waals surface area contributed by atoms with Gasteiger partial charge in [0.1, 0.15) is 11.9 Å². The first-order valence-corrected chi connectivity index (χ1v) is 7.66. The molecule has 3 heterocycles. The highest BCUT2D eigenvalue weighted by Gasteiger charge is 2.25. The number of amides is 1. The van der Waals surface area contributed by atoms with E-state index >= 15 is 0 Å². The van der Waals surface area contributed by atoms with Gasteiger partial charge in [0.15, 0.2) is 5.13 Å². The van der Waals surface area contributed by atoms with Gasteiger partial charge in [0.25, 0.3) is 0 Å². The van der Waals surface area contributed by atoms with Crippen molar-refractivity contribution in [2.24, 2.45) is 0 Å². The minimum atomic E-state index is -0.0329. The molecule has 1 amide bonds. The Morgan fingerprint density at radius 3 is 3.05 bits per heavy atom. The van der Waals surface area contributed by atoms with Crippen molar-refractivity contribution in [2.75, 3.05) is 25.0 Å². The first-order valence-electron chi connectivity index (χ1n) is 6.78. The van der Waals surface area contributed by atoms with Crippen molar-refractivity contribution in [2.45, 2.75) is 12.5 Å². The average Bonchev–Trinajstić information content (AvgIpc) is 3.12. The normalized spacial score (nSPS) is 18.6. The van der Waals surface area contributed by atoms with Gasteiger partial charge in [-0.05, 0) is 18.6 Å². The van der Waals surface area contributed by atoms with Crippen LogP contribution in [0.2, 0.25) is 0 Å². The van der Waals surface area contributed by atoms with Crippen LogP contribution in [0.4, 0.5) is 5.13 Å². The number of carbonyl (C=O) groups is 1. The summed E-state index contributed by atoms with van der Waals surface area (Å²) in [5.41, 5.74) is 0. The lowest BCUT2D eigenvalue weighted by Gasteiger charge is -2.16. The van der Waals surface area contributed by atoms with E-state index in [1.165, 1.54) is 11.3 Å². The van der Waals surface area contributed by atoms with Crippen molar-refractivity contribution in [3.63, 3.8) is 0 Å². The predicted octanol–water partition coefficient (Wildman–Crippen LogP) is 1.63. The van der Waals surface area contributed by atoms with Crippen LogP contribution in [0, 0.1) is 0 Å². The van der Waals surface area contributed by atoms with Gasteiger partial charge < -0.3 is 10.1 Å². The molecule has 21 heavy (non-hydrogen) atoms. The molecule has 6 nitrogen and oxygen atoms in total. The molecule has 1 fully saturated rings. The van der Waals surface area contributed by atoms with Crippen molar-refractivity contribution in [3.8, 4) is 5.75 Å². The zero-order valence-electron chi connectivity index (χ0n) is 11.4. The molecule has 110 valence electrons. The van der Waals surface area contributed by atoms with E-state index in [1.807, 2.05) is 17.5 Å². The molecule has 2 aromatic rings. The standard InChI is InChI=1S/C14H16N4O2S/c19-13(17-14-16-6-8-21-14)10-18-7-3-12(9-18)20-11-1-4-15-5-2-11/h1-2,4-6,8,12H,3,7,9-10H2,(H,16,17,19). The summed E-state index contributed by atoms with van der Waals surface area (Å²) in [6.07, 6.45) is 6.15. The van der Waals surface area contributed by atoms with Gasteiger partial charge in [0.05, 0.1) is 6.54 Å². The third-order valence-corrected chi connectivity index (χ3v) is 3.92. The molecule has 1 aliphatic heterocycles. The summed E-state index contributed by atoms with van der Waals surface area (Å²) >= 11 is 1.42. The van der Waals surface area contributed by atoms with Gasteiger partial charge in [-0.25, -0.2) is 4.98 Å². The minimum Gasteiger partial charge on any atom is -0.489 e. The number of likely N-dealkylation sites (tertiary alicyclic amines) is 1. The van der Waals surface area contributed by atoms with E-state index in [9.17, 15) is 4.79 Å². The Morgan fingerprint density at radius 2 is 2.29 bits per heavy atom. The van der Waals surface area contributed by atoms with Gasteiger partial charge in [-0.15, -0.1) is 11.3 Å². The Balaban J connectivity index is 1.45. The van der Waals surface area contributed by atoms with E-state index in [1.54, 1.807) is 18.6 Å². The maximum Gasteiger partial charge on any atom is 0.240 e. The smallest absolute Gasteiger partial charge is 0.240 e. The second-order valence-corrected chi connectivity index (χ2v) is 5.73. The Bertz CT molecular complexity index is 576. The maximum absolute atomic E-state index is 11.9. The fraction of sp³-hybridized carbons (Fsp3) is 0.357. The van der Waals surface area contributed by atoms with Crippen molar-refractivity contribution >= 4 is 22.4 Å². The van der Waals surface area contributed by atoms with Crippen molar-refractivity contribution in [1.82, 2.24) is 14.9 Å². The Morgan fingerprint density at radius 1 is 1.43 bits per heavy atom. The monoisotopic (exact) mass is 304 g/mol. The molecule has 0 aliphatic carbocycles. The number of rotatable bonds is 5. The number of nitrogens with zero attached hydrogens (tertiary/aromatic N) is 3. The van der Waals surface area contributed by atoms with Crippen LogP contribution in [-0.2, 0) is 4.79 Å². The number of carbonyl (C=O) groups excluding carboxylic acids is 1. The van der Waals surface area contributed by atoms with Crippen LogP contribution < -0.4 is 10.1 Å². The summed E-state index contributed by atoms with van der Waals surface area (Å²) in [6, 6.07) is 3.69. The second-order valence-electron chi connectivity index (χ2n) is 4.83. The highest BCUT2D eigenvalue weighted by molar-refractivity contribution is 7.13. The summed E-state index contributed by atoms with van der Waals surface area (Å²) in [7, 11) is 0. The van der Waals surface area contributed by atoms with Gasteiger partial charge >= 0.3 is 0 Å². The largest absolute Gasteiger partial charge is 0.489 e. The lowest BCUT2D eigenvalue weighted by molar-refractivity contribution is -0.117. The predicted molar refractivity (Wildman–Crippen MR) is 80.5 cm³/mol. The number of hydrogen-bond donors (Lipinski definition) is 1. The molecule has 1 saturated heterocycles. The zero-order valence-corrected chi connectivity index (χ0v) is 12.3. The van der Waals surface area contributed by atoms with E-state index in [0.29, 0.717) is 11.7 Å². The second kappa shape index (κ2) is 6.64. The highest BCUT2D eigenvalue weighted by Crippen LogP contribution is 2.17. The maximum atomic E-state index is 11.9. The van der Waals surface area contributed by atoms with Crippen molar-refractivity contribution in [3.05, 3.63) is 36.1 Å². The van der Waals surface area contributed by atoms with Gasteiger partial charge in [-0.3, -0.25) is 14.7 Å². The molecule has 0 bridgehead atoms. The topological polar surface area (TPSA) is 67.4 Å². The van der Waals surface area contributed by atoms with Crippen molar-refractivity contribution < 1.29 is 9.53 Å². The summed E-state index contributed by atoms with van der Waals surface area (Å²) < 4.78 is 5.87. The van der Waals surface area contributed by atoms with E-state index in [-0.39, 0.29) is 12.0 Å². The van der Waals surface area contributed by atoms with Crippen LogP contribution in [0.5, 0.6) is 5.75 Å². The van der Waals surface area contributed by atoms with Crippen molar-refractivity contribution in [1.29, 1.82) is 0 Å². The molecule has 0 radical (unpaired) electrons. The van der Waals surface area contributed by atoms with E-state index in [2.05, 4.69) is 20.2 Å². The average molecular weight is 304 g/mol. The van der Waals surface area contributed by atoms with Gasteiger partial charge in [-0.2, -0.15) is 0 Å². The van der Waals surface area contributed by atoms with E-state index in [0.717, 1.165) is 25.3 Å². The fourth-order valence-corrected chi connectivity index (χ4v) is 2.84. The molecular weight excluding hydrogens is 288 g/mol. The number of aromatic nitrogens is 2. The third kappa shape index (κ3) is 3.99. The molecule has 3 rings (SSSR count). The van der Waals surface area contributed by atoms with Crippen LogP contribution >= 0.6 is 11.3 Å². The SMILES string of the molecule is O=C(CN1CCC(Oc2ccncc2)C1)Nc1nccs1. The van der Waals surface area contributed by atoms with Crippen LogP contribution in [0.15, 0.2) is 36.1 Å². The van der Waals surface area contributed by atoms with Gasteiger partial charge in [0.2, 0.25) is 5.91 Å². The summed E-state index contributed by atoms with van der Waals surface area (Å²) in [4.78, 5) is 22.0. The number of pyridine rings is 1. The fourth-order valence-electron chi connectivity index (χ4n) is 2.29. The molecule has 0 spiro atoms. The molecule has 7 heteroatoms.